The van der Waals surface area contributed by atoms with Crippen LogP contribution in [-0.2, 0) is 16.0 Å². The lowest BCUT2D eigenvalue weighted by Crippen LogP contribution is -2.12. The topological polar surface area (TPSA) is 84.2 Å². The normalized spacial score (nSPS) is 10.5. The van der Waals surface area contributed by atoms with Gasteiger partial charge in [-0.2, -0.15) is 0 Å². The maximum Gasteiger partial charge on any atom is 0.224 e. The van der Waals surface area contributed by atoms with Crippen molar-refractivity contribution < 1.29 is 14.0 Å². The SMILES string of the molecule is CC(=O)Nc1ccc(NC(=O)CCc2nc(-c3ccccc3)c(-c3ccccc3)o2)cc1. The summed E-state index contributed by atoms with van der Waals surface area (Å²) in [6.07, 6.45) is 0.610. The summed E-state index contributed by atoms with van der Waals surface area (Å²) >= 11 is 0. The second-order valence-corrected chi connectivity index (χ2v) is 7.32. The molecule has 1 heterocycles. The minimum Gasteiger partial charge on any atom is -0.440 e. The Morgan fingerprint density at radius 2 is 1.34 bits per heavy atom. The van der Waals surface area contributed by atoms with E-state index in [1.807, 2.05) is 60.7 Å². The average molecular weight is 425 g/mol. The zero-order valence-electron chi connectivity index (χ0n) is 17.7. The highest BCUT2D eigenvalue weighted by Gasteiger charge is 2.17. The number of rotatable bonds is 7. The summed E-state index contributed by atoms with van der Waals surface area (Å²) in [5.41, 5.74) is 4.00. The molecule has 6 heteroatoms. The molecule has 0 fully saturated rings. The number of nitrogens with one attached hydrogen (secondary N) is 2. The van der Waals surface area contributed by atoms with Crippen molar-refractivity contribution in [2.75, 3.05) is 10.6 Å². The van der Waals surface area contributed by atoms with Crippen LogP contribution in [0.1, 0.15) is 19.2 Å². The summed E-state index contributed by atoms with van der Waals surface area (Å²) in [7, 11) is 0. The monoisotopic (exact) mass is 425 g/mol. The molecule has 0 aliphatic rings. The molecule has 0 unspecified atom stereocenters. The fourth-order valence-corrected chi connectivity index (χ4v) is 3.33. The van der Waals surface area contributed by atoms with E-state index in [0.717, 1.165) is 16.8 Å². The minimum atomic E-state index is -0.141. The molecular weight excluding hydrogens is 402 g/mol. The zero-order chi connectivity index (χ0) is 22.3. The first-order valence-electron chi connectivity index (χ1n) is 10.4. The number of carbonyl (C=O) groups is 2. The van der Waals surface area contributed by atoms with Crippen molar-refractivity contribution in [1.82, 2.24) is 4.98 Å². The maximum atomic E-state index is 12.4. The van der Waals surface area contributed by atoms with E-state index in [0.29, 0.717) is 29.4 Å². The van der Waals surface area contributed by atoms with Gasteiger partial charge in [-0.05, 0) is 24.3 Å². The standard InChI is InChI=1S/C26H23N3O3/c1-18(30)27-21-12-14-22(15-13-21)28-23(31)16-17-24-29-25(19-8-4-2-5-9-19)26(32-24)20-10-6-3-7-11-20/h2-15H,16-17H2,1H3,(H,27,30)(H,28,31). The molecule has 0 aliphatic heterocycles. The van der Waals surface area contributed by atoms with E-state index >= 15 is 0 Å². The molecule has 0 atom stereocenters. The Bertz CT molecular complexity index is 1140. The van der Waals surface area contributed by atoms with Crippen LogP contribution in [0, 0.1) is 0 Å². The molecule has 32 heavy (non-hydrogen) atoms. The zero-order valence-corrected chi connectivity index (χ0v) is 17.7. The highest BCUT2D eigenvalue weighted by Crippen LogP contribution is 2.32. The van der Waals surface area contributed by atoms with Crippen molar-refractivity contribution in [2.24, 2.45) is 0 Å². The smallest absolute Gasteiger partial charge is 0.224 e. The molecule has 0 radical (unpaired) electrons. The third-order valence-corrected chi connectivity index (χ3v) is 4.81. The first kappa shape index (κ1) is 21.1. The number of nitrogens with zero attached hydrogens (tertiary/aromatic N) is 1. The molecule has 2 N–H and O–H groups in total. The fraction of sp³-hybridized carbons (Fsp3) is 0.115. The van der Waals surface area contributed by atoms with E-state index in [1.165, 1.54) is 6.92 Å². The largest absolute Gasteiger partial charge is 0.440 e. The number of hydrogen-bond acceptors (Lipinski definition) is 4. The van der Waals surface area contributed by atoms with Crippen molar-refractivity contribution in [1.29, 1.82) is 0 Å². The number of hydrogen-bond donors (Lipinski definition) is 2. The van der Waals surface area contributed by atoms with Crippen molar-refractivity contribution in [3.05, 3.63) is 90.8 Å². The number of carbonyl (C=O) groups excluding carboxylic acids is 2. The first-order chi connectivity index (χ1) is 15.6. The van der Waals surface area contributed by atoms with Crippen LogP contribution in [0.5, 0.6) is 0 Å². The molecule has 160 valence electrons. The van der Waals surface area contributed by atoms with Gasteiger partial charge >= 0.3 is 0 Å². The summed E-state index contributed by atoms with van der Waals surface area (Å²) in [5.74, 6) is 0.926. The van der Waals surface area contributed by atoms with Crippen LogP contribution in [0.4, 0.5) is 11.4 Å². The van der Waals surface area contributed by atoms with Crippen LogP contribution in [0.3, 0.4) is 0 Å². The Hall–Kier alpha value is -4.19. The van der Waals surface area contributed by atoms with Crippen molar-refractivity contribution in [2.45, 2.75) is 19.8 Å². The first-order valence-corrected chi connectivity index (χ1v) is 10.4. The van der Waals surface area contributed by atoms with E-state index in [1.54, 1.807) is 24.3 Å². The van der Waals surface area contributed by atoms with Gasteiger partial charge in [0.15, 0.2) is 11.7 Å². The van der Waals surface area contributed by atoms with Crippen molar-refractivity contribution in [3.8, 4) is 22.6 Å². The lowest BCUT2D eigenvalue weighted by Gasteiger charge is -2.06. The van der Waals surface area contributed by atoms with Crippen LogP contribution < -0.4 is 10.6 Å². The number of oxazole rings is 1. The van der Waals surface area contributed by atoms with Gasteiger partial charge in [-0.15, -0.1) is 0 Å². The Morgan fingerprint density at radius 1 is 0.781 bits per heavy atom. The summed E-state index contributed by atoms with van der Waals surface area (Å²) in [6, 6.07) is 26.7. The third-order valence-electron chi connectivity index (χ3n) is 4.81. The Labute approximate surface area is 186 Å². The number of benzene rings is 3. The Morgan fingerprint density at radius 3 is 1.94 bits per heavy atom. The van der Waals surface area contributed by atoms with E-state index in [9.17, 15) is 9.59 Å². The molecule has 0 saturated heterocycles. The van der Waals surface area contributed by atoms with Gasteiger partial charge in [0.25, 0.3) is 0 Å². The van der Waals surface area contributed by atoms with E-state index in [4.69, 9.17) is 4.42 Å². The van der Waals surface area contributed by atoms with Crippen LogP contribution >= 0.6 is 0 Å². The van der Waals surface area contributed by atoms with E-state index in [-0.39, 0.29) is 18.2 Å². The summed E-state index contributed by atoms with van der Waals surface area (Å²) in [6.45, 7) is 1.45. The number of aromatic nitrogens is 1. The van der Waals surface area contributed by atoms with Gasteiger partial charge in [-0.1, -0.05) is 60.7 Å². The Kier molecular flexibility index (Phi) is 6.41. The molecule has 0 aliphatic carbocycles. The van der Waals surface area contributed by atoms with Gasteiger partial charge in [0.05, 0.1) is 0 Å². The highest BCUT2D eigenvalue weighted by atomic mass is 16.4. The van der Waals surface area contributed by atoms with Gasteiger partial charge in [0.2, 0.25) is 11.8 Å². The molecule has 4 aromatic rings. The minimum absolute atomic E-state index is 0.141. The lowest BCUT2D eigenvalue weighted by molar-refractivity contribution is -0.116. The second kappa shape index (κ2) is 9.75. The molecule has 0 saturated carbocycles. The fourth-order valence-electron chi connectivity index (χ4n) is 3.33. The van der Waals surface area contributed by atoms with Gasteiger partial charge in [-0.25, -0.2) is 4.98 Å². The predicted molar refractivity (Wildman–Crippen MR) is 125 cm³/mol. The molecule has 6 nitrogen and oxygen atoms in total. The molecule has 3 aromatic carbocycles. The number of anilines is 2. The summed E-state index contributed by atoms with van der Waals surface area (Å²) in [4.78, 5) is 28.2. The summed E-state index contributed by atoms with van der Waals surface area (Å²) in [5, 5.41) is 5.55. The quantitative estimate of drug-likeness (QED) is 0.407. The van der Waals surface area contributed by atoms with Crippen LogP contribution in [-0.4, -0.2) is 16.8 Å². The van der Waals surface area contributed by atoms with Crippen LogP contribution in [0.2, 0.25) is 0 Å². The second-order valence-electron chi connectivity index (χ2n) is 7.32. The van der Waals surface area contributed by atoms with Crippen LogP contribution in [0.25, 0.3) is 22.6 Å². The van der Waals surface area contributed by atoms with Gasteiger partial charge in [0, 0.05) is 42.3 Å². The predicted octanol–water partition coefficient (Wildman–Crippen LogP) is 5.54. The van der Waals surface area contributed by atoms with Gasteiger partial charge in [0.1, 0.15) is 5.69 Å². The number of amides is 2. The molecule has 1 aromatic heterocycles. The van der Waals surface area contributed by atoms with Crippen LogP contribution in [0.15, 0.2) is 89.3 Å². The van der Waals surface area contributed by atoms with Crippen molar-refractivity contribution in [3.63, 3.8) is 0 Å². The molecule has 2 amide bonds. The molecular formula is C26H23N3O3. The molecule has 0 bridgehead atoms. The highest BCUT2D eigenvalue weighted by molar-refractivity contribution is 5.92. The van der Waals surface area contributed by atoms with Gasteiger partial charge in [-0.3, -0.25) is 9.59 Å². The molecule has 4 rings (SSSR count). The lowest BCUT2D eigenvalue weighted by atomic mass is 10.1. The maximum absolute atomic E-state index is 12.4. The average Bonchev–Trinajstić information content (AvgIpc) is 3.24. The number of aryl methyl sites for hydroxylation is 1. The van der Waals surface area contributed by atoms with E-state index < -0.39 is 0 Å². The third kappa shape index (κ3) is 5.29. The summed E-state index contributed by atoms with van der Waals surface area (Å²) < 4.78 is 6.08. The van der Waals surface area contributed by atoms with Crippen molar-refractivity contribution >= 4 is 23.2 Å². The van der Waals surface area contributed by atoms with E-state index in [2.05, 4.69) is 15.6 Å². The molecule has 0 spiro atoms. The Balaban J connectivity index is 1.46. The van der Waals surface area contributed by atoms with Gasteiger partial charge < -0.3 is 15.1 Å².